The molecule has 0 aliphatic carbocycles. The van der Waals surface area contributed by atoms with Crippen molar-refractivity contribution < 1.29 is 0 Å². The Morgan fingerprint density at radius 1 is 1.44 bits per heavy atom. The lowest BCUT2D eigenvalue weighted by atomic mass is 10.3. The van der Waals surface area contributed by atoms with E-state index in [4.69, 9.17) is 0 Å². The molecule has 0 aromatic carbocycles. The second-order valence-corrected chi connectivity index (χ2v) is 5.33. The van der Waals surface area contributed by atoms with Gasteiger partial charge < -0.3 is 9.88 Å². The molecule has 1 N–H and O–H groups in total. The molecule has 0 amide bonds. The van der Waals surface area contributed by atoms with Crippen molar-refractivity contribution in [3.8, 4) is 0 Å². The summed E-state index contributed by atoms with van der Waals surface area (Å²) in [6.07, 6.45) is 7.32. The molecule has 18 heavy (non-hydrogen) atoms. The summed E-state index contributed by atoms with van der Waals surface area (Å²) in [5.41, 5.74) is 1.07. The van der Waals surface area contributed by atoms with Gasteiger partial charge in [0.25, 0.3) is 0 Å². The SMILES string of the molecule is CCCCn1cc(C)nc1NCCc1nccs1. The average molecular weight is 264 g/mol. The Bertz CT molecular complexity index is 461. The molecular weight excluding hydrogens is 244 g/mol. The van der Waals surface area contributed by atoms with Crippen LogP contribution in [0.3, 0.4) is 0 Å². The van der Waals surface area contributed by atoms with Gasteiger partial charge in [-0.3, -0.25) is 0 Å². The Morgan fingerprint density at radius 3 is 3.06 bits per heavy atom. The minimum Gasteiger partial charge on any atom is -0.355 e. The molecule has 2 rings (SSSR count). The number of hydrogen-bond acceptors (Lipinski definition) is 4. The first kappa shape index (κ1) is 13.1. The molecule has 5 heteroatoms. The summed E-state index contributed by atoms with van der Waals surface area (Å²) in [6.45, 7) is 6.17. The number of imidazole rings is 1. The summed E-state index contributed by atoms with van der Waals surface area (Å²) in [6, 6.07) is 0. The van der Waals surface area contributed by atoms with E-state index in [0.717, 1.165) is 31.2 Å². The van der Waals surface area contributed by atoms with E-state index in [2.05, 4.69) is 33.0 Å². The van der Waals surface area contributed by atoms with Crippen molar-refractivity contribution in [2.75, 3.05) is 11.9 Å². The number of unbranched alkanes of at least 4 members (excludes halogenated alkanes) is 1. The largest absolute Gasteiger partial charge is 0.355 e. The topological polar surface area (TPSA) is 42.7 Å². The number of hydrogen-bond donors (Lipinski definition) is 1. The van der Waals surface area contributed by atoms with Crippen molar-refractivity contribution in [1.29, 1.82) is 0 Å². The number of rotatable bonds is 7. The molecule has 98 valence electrons. The first-order chi connectivity index (χ1) is 8.79. The molecule has 0 spiro atoms. The summed E-state index contributed by atoms with van der Waals surface area (Å²) < 4.78 is 2.21. The zero-order valence-electron chi connectivity index (χ0n) is 11.0. The number of nitrogens with one attached hydrogen (secondary N) is 1. The lowest BCUT2D eigenvalue weighted by Crippen LogP contribution is -2.10. The van der Waals surface area contributed by atoms with Crippen LogP contribution in [0, 0.1) is 6.92 Å². The molecule has 0 bridgehead atoms. The minimum absolute atomic E-state index is 0.885. The second-order valence-electron chi connectivity index (χ2n) is 4.36. The Hall–Kier alpha value is -1.36. The third-order valence-electron chi connectivity index (χ3n) is 2.75. The zero-order valence-corrected chi connectivity index (χ0v) is 11.8. The van der Waals surface area contributed by atoms with E-state index in [-0.39, 0.29) is 0 Å². The number of anilines is 1. The number of aryl methyl sites for hydroxylation is 2. The number of aromatic nitrogens is 3. The van der Waals surface area contributed by atoms with Crippen LogP contribution in [0.4, 0.5) is 5.95 Å². The molecule has 0 saturated carbocycles. The van der Waals surface area contributed by atoms with E-state index < -0.39 is 0 Å². The fourth-order valence-corrected chi connectivity index (χ4v) is 2.46. The van der Waals surface area contributed by atoms with Gasteiger partial charge in [0.05, 0.1) is 10.7 Å². The van der Waals surface area contributed by atoms with E-state index in [1.807, 2.05) is 18.5 Å². The lowest BCUT2D eigenvalue weighted by molar-refractivity contribution is 0.634. The van der Waals surface area contributed by atoms with Crippen molar-refractivity contribution in [3.05, 3.63) is 28.5 Å². The van der Waals surface area contributed by atoms with Crippen molar-refractivity contribution in [2.45, 2.75) is 39.7 Å². The molecule has 2 aromatic rings. The van der Waals surface area contributed by atoms with E-state index in [1.165, 1.54) is 17.8 Å². The highest BCUT2D eigenvalue weighted by atomic mass is 32.1. The molecular formula is C13H20N4S. The minimum atomic E-state index is 0.885. The van der Waals surface area contributed by atoms with Crippen LogP contribution in [0.5, 0.6) is 0 Å². The molecule has 0 unspecified atom stereocenters. The Kier molecular flexibility index (Phi) is 4.75. The van der Waals surface area contributed by atoms with Crippen molar-refractivity contribution in [2.24, 2.45) is 0 Å². The summed E-state index contributed by atoms with van der Waals surface area (Å²) in [7, 11) is 0. The molecule has 0 aliphatic heterocycles. The van der Waals surface area contributed by atoms with Crippen molar-refractivity contribution >= 4 is 17.3 Å². The molecule has 0 fully saturated rings. The maximum atomic E-state index is 4.52. The Balaban J connectivity index is 1.87. The van der Waals surface area contributed by atoms with Gasteiger partial charge in [0.1, 0.15) is 0 Å². The lowest BCUT2D eigenvalue weighted by Gasteiger charge is -2.08. The molecule has 0 radical (unpaired) electrons. The highest BCUT2D eigenvalue weighted by Crippen LogP contribution is 2.11. The molecule has 4 nitrogen and oxygen atoms in total. The standard InChI is InChI=1S/C13H20N4S/c1-3-4-8-17-10-11(2)16-13(17)15-6-5-12-14-7-9-18-12/h7,9-10H,3-6,8H2,1-2H3,(H,15,16). The predicted octanol–water partition coefficient (Wildman–Crippen LogP) is 3.10. The van der Waals surface area contributed by atoms with E-state index in [1.54, 1.807) is 11.3 Å². The Morgan fingerprint density at radius 2 is 2.33 bits per heavy atom. The number of thiazole rings is 1. The maximum absolute atomic E-state index is 4.52. The van der Waals surface area contributed by atoms with Crippen LogP contribution >= 0.6 is 11.3 Å². The van der Waals surface area contributed by atoms with E-state index >= 15 is 0 Å². The van der Waals surface area contributed by atoms with Gasteiger partial charge in [0, 0.05) is 37.3 Å². The predicted molar refractivity (Wildman–Crippen MR) is 76.2 cm³/mol. The smallest absolute Gasteiger partial charge is 0.203 e. The van der Waals surface area contributed by atoms with Gasteiger partial charge in [-0.15, -0.1) is 11.3 Å². The van der Waals surface area contributed by atoms with Crippen LogP contribution in [0.15, 0.2) is 17.8 Å². The van der Waals surface area contributed by atoms with Crippen molar-refractivity contribution in [1.82, 2.24) is 14.5 Å². The third-order valence-corrected chi connectivity index (χ3v) is 3.59. The monoisotopic (exact) mass is 264 g/mol. The number of nitrogens with zero attached hydrogens (tertiary/aromatic N) is 3. The van der Waals surface area contributed by atoms with Crippen molar-refractivity contribution in [3.63, 3.8) is 0 Å². The molecule has 2 heterocycles. The van der Waals surface area contributed by atoms with Crippen LogP contribution in [0.1, 0.15) is 30.5 Å². The fourth-order valence-electron chi connectivity index (χ4n) is 1.84. The zero-order chi connectivity index (χ0) is 12.8. The van der Waals surface area contributed by atoms with Gasteiger partial charge in [-0.1, -0.05) is 13.3 Å². The van der Waals surface area contributed by atoms with Gasteiger partial charge >= 0.3 is 0 Å². The van der Waals surface area contributed by atoms with Crippen LogP contribution in [0.25, 0.3) is 0 Å². The van der Waals surface area contributed by atoms with Crippen LogP contribution in [-0.2, 0) is 13.0 Å². The Labute approximate surface area is 112 Å². The van der Waals surface area contributed by atoms with Gasteiger partial charge in [0.15, 0.2) is 0 Å². The summed E-state index contributed by atoms with van der Waals surface area (Å²) >= 11 is 1.70. The highest BCUT2D eigenvalue weighted by molar-refractivity contribution is 7.09. The highest BCUT2D eigenvalue weighted by Gasteiger charge is 2.04. The third kappa shape index (κ3) is 3.57. The first-order valence-corrected chi connectivity index (χ1v) is 7.33. The molecule has 0 aliphatic rings. The molecule has 2 aromatic heterocycles. The average Bonchev–Trinajstić information content (AvgIpc) is 2.97. The van der Waals surface area contributed by atoms with Crippen LogP contribution < -0.4 is 5.32 Å². The maximum Gasteiger partial charge on any atom is 0.203 e. The quantitative estimate of drug-likeness (QED) is 0.835. The van der Waals surface area contributed by atoms with Gasteiger partial charge in [-0.2, -0.15) is 0 Å². The van der Waals surface area contributed by atoms with E-state index in [0.29, 0.717) is 0 Å². The van der Waals surface area contributed by atoms with Gasteiger partial charge in [0.2, 0.25) is 5.95 Å². The molecule has 0 saturated heterocycles. The van der Waals surface area contributed by atoms with Gasteiger partial charge in [-0.05, 0) is 13.3 Å². The summed E-state index contributed by atoms with van der Waals surface area (Å²) in [5.74, 6) is 0.984. The molecule has 0 atom stereocenters. The van der Waals surface area contributed by atoms with E-state index in [9.17, 15) is 0 Å². The first-order valence-electron chi connectivity index (χ1n) is 6.45. The summed E-state index contributed by atoms with van der Waals surface area (Å²) in [4.78, 5) is 8.79. The second kappa shape index (κ2) is 6.54. The normalized spacial score (nSPS) is 10.8. The van der Waals surface area contributed by atoms with Gasteiger partial charge in [-0.25, -0.2) is 9.97 Å². The summed E-state index contributed by atoms with van der Waals surface area (Å²) in [5, 5.41) is 6.59. The van der Waals surface area contributed by atoms with Crippen LogP contribution in [-0.4, -0.2) is 21.1 Å². The van der Waals surface area contributed by atoms with Crippen LogP contribution in [0.2, 0.25) is 0 Å². The fraction of sp³-hybridized carbons (Fsp3) is 0.538.